The summed E-state index contributed by atoms with van der Waals surface area (Å²) in [5, 5.41) is 23.2. The largest absolute Gasteiger partial charge is 0.478 e. The Labute approximate surface area is 191 Å². The monoisotopic (exact) mass is 471 g/mol. The van der Waals surface area contributed by atoms with Crippen molar-refractivity contribution in [3.63, 3.8) is 0 Å². The van der Waals surface area contributed by atoms with Gasteiger partial charge in [-0.05, 0) is 73.1 Å². The first-order chi connectivity index (χ1) is 15.4. The summed E-state index contributed by atoms with van der Waals surface area (Å²) in [6.07, 6.45) is 0. The number of ether oxygens (including phenoxy) is 1. The van der Waals surface area contributed by atoms with Crippen LogP contribution in [0.1, 0.15) is 38.1 Å². The van der Waals surface area contributed by atoms with E-state index in [2.05, 4.69) is 25.5 Å². The maximum atomic E-state index is 12.0. The summed E-state index contributed by atoms with van der Waals surface area (Å²) >= 11 is 6.36. The van der Waals surface area contributed by atoms with E-state index in [0.717, 1.165) is 11.5 Å². The first-order valence-electron chi connectivity index (χ1n) is 9.17. The highest BCUT2D eigenvalue weighted by Gasteiger charge is 2.14. The molecule has 3 aromatic rings. The van der Waals surface area contributed by atoms with E-state index >= 15 is 0 Å². The van der Waals surface area contributed by atoms with E-state index in [1.165, 1.54) is 18.2 Å². The summed E-state index contributed by atoms with van der Waals surface area (Å²) < 4.78 is 8.58. The number of thiocarbonyl (C=S) groups is 1. The number of anilines is 3. The molecule has 0 atom stereocenters. The average molecular weight is 472 g/mol. The van der Waals surface area contributed by atoms with Crippen molar-refractivity contribution >= 4 is 63.8 Å². The van der Waals surface area contributed by atoms with Crippen LogP contribution in [0.2, 0.25) is 0 Å². The van der Waals surface area contributed by atoms with Gasteiger partial charge >= 0.3 is 11.9 Å². The zero-order valence-corrected chi connectivity index (χ0v) is 18.3. The molecule has 0 radical (unpaired) electrons. The van der Waals surface area contributed by atoms with E-state index < -0.39 is 11.9 Å². The number of aromatic carboxylic acids is 1. The number of nitrogens with zero attached hydrogens (tertiary/aromatic N) is 2. The summed E-state index contributed by atoms with van der Waals surface area (Å²) in [6.45, 7) is 1.82. The molecule has 0 spiro atoms. The fourth-order valence-electron chi connectivity index (χ4n) is 2.54. The Hall–Kier alpha value is -3.90. The Bertz CT molecular complexity index is 1150. The lowest BCUT2D eigenvalue weighted by Gasteiger charge is -2.13. The summed E-state index contributed by atoms with van der Waals surface area (Å²) in [5.74, 6) is -2.19. The average Bonchev–Trinajstić information content (AvgIpc) is 3.30. The highest BCUT2D eigenvalue weighted by Crippen LogP contribution is 2.18. The Balaban J connectivity index is 1.65. The number of esters is 1. The second kappa shape index (κ2) is 10.4. The number of amides is 1. The van der Waals surface area contributed by atoms with Gasteiger partial charge in [-0.2, -0.15) is 0 Å². The van der Waals surface area contributed by atoms with Crippen molar-refractivity contribution in [2.75, 3.05) is 22.6 Å². The number of carbonyl (C=O) groups is 3. The molecule has 0 unspecified atom stereocenters. The van der Waals surface area contributed by atoms with Crippen LogP contribution in [0.5, 0.6) is 0 Å². The second-order valence-electron chi connectivity index (χ2n) is 6.23. The molecule has 2 aromatic carbocycles. The molecular formula is C20H17N5O5S2. The van der Waals surface area contributed by atoms with E-state index in [-0.39, 0.29) is 34.4 Å². The number of hydrogen-bond acceptors (Lipinski definition) is 8. The first-order valence-corrected chi connectivity index (χ1v) is 10.4. The van der Waals surface area contributed by atoms with Gasteiger partial charge in [0.2, 0.25) is 0 Å². The zero-order valence-electron chi connectivity index (χ0n) is 16.6. The lowest BCUT2D eigenvalue weighted by Crippen LogP contribution is -2.20. The first kappa shape index (κ1) is 22.8. The number of nitrogens with one attached hydrogen (secondary N) is 3. The fourth-order valence-corrected chi connectivity index (χ4v) is 3.22. The lowest BCUT2D eigenvalue weighted by atomic mass is 10.1. The van der Waals surface area contributed by atoms with Crippen molar-refractivity contribution < 1.29 is 24.2 Å². The van der Waals surface area contributed by atoms with E-state index in [9.17, 15) is 19.5 Å². The molecule has 10 nitrogen and oxygen atoms in total. The van der Waals surface area contributed by atoms with Crippen LogP contribution >= 0.6 is 23.8 Å². The zero-order chi connectivity index (χ0) is 23.1. The van der Waals surface area contributed by atoms with Crippen LogP contribution in [0.4, 0.5) is 17.1 Å². The Kier molecular flexibility index (Phi) is 7.41. The smallest absolute Gasteiger partial charge is 0.338 e. The van der Waals surface area contributed by atoms with Gasteiger partial charge in [0, 0.05) is 22.4 Å². The predicted molar refractivity (Wildman–Crippen MR) is 124 cm³/mol. The van der Waals surface area contributed by atoms with Crippen LogP contribution in [0.3, 0.4) is 0 Å². The molecule has 164 valence electrons. The van der Waals surface area contributed by atoms with Crippen molar-refractivity contribution in [2.24, 2.45) is 0 Å². The molecule has 3 rings (SSSR count). The number of aromatic nitrogens is 2. The predicted octanol–water partition coefficient (Wildman–Crippen LogP) is 3.47. The third kappa shape index (κ3) is 6.06. The molecular weight excluding hydrogens is 454 g/mol. The summed E-state index contributed by atoms with van der Waals surface area (Å²) in [6, 6.07) is 10.8. The van der Waals surface area contributed by atoms with E-state index in [0.29, 0.717) is 17.1 Å². The van der Waals surface area contributed by atoms with Crippen LogP contribution in [0.25, 0.3) is 0 Å². The van der Waals surface area contributed by atoms with E-state index in [4.69, 9.17) is 17.0 Å². The third-order valence-corrected chi connectivity index (χ3v) is 4.65. The summed E-state index contributed by atoms with van der Waals surface area (Å²) in [4.78, 5) is 35.4. The molecule has 32 heavy (non-hydrogen) atoms. The van der Waals surface area contributed by atoms with Gasteiger partial charge in [0.1, 0.15) is 0 Å². The van der Waals surface area contributed by atoms with Crippen LogP contribution in [0, 0.1) is 0 Å². The van der Waals surface area contributed by atoms with Crippen molar-refractivity contribution in [2.45, 2.75) is 6.92 Å². The van der Waals surface area contributed by atoms with E-state index in [1.807, 2.05) is 0 Å². The summed E-state index contributed by atoms with van der Waals surface area (Å²) in [5.41, 5.74) is 1.72. The molecule has 12 heteroatoms. The molecule has 0 bridgehead atoms. The van der Waals surface area contributed by atoms with Gasteiger partial charge in [0.05, 0.1) is 17.7 Å². The molecule has 0 saturated heterocycles. The van der Waals surface area contributed by atoms with Gasteiger partial charge in [-0.1, -0.05) is 4.49 Å². The van der Waals surface area contributed by atoms with E-state index in [1.54, 1.807) is 36.6 Å². The fraction of sp³-hybridized carbons (Fsp3) is 0.100. The molecule has 0 saturated carbocycles. The molecule has 0 fully saturated rings. The van der Waals surface area contributed by atoms with Gasteiger partial charge in [-0.25, -0.2) is 9.59 Å². The van der Waals surface area contributed by atoms with Crippen LogP contribution in [0.15, 0.2) is 47.8 Å². The van der Waals surface area contributed by atoms with Crippen molar-refractivity contribution in [3.05, 3.63) is 64.7 Å². The Morgan fingerprint density at radius 2 is 1.62 bits per heavy atom. The number of carboxylic acids is 1. The standard InChI is InChI=1S/C20H17N5O5S2/c1-2-30-19(29)12-7-11(18(27)28)8-15(9-12)23-20(31)22-14-5-3-13(4-6-14)21-17(26)16-10-32-25-24-16/h3-10H,2H2,1H3,(H,21,26)(H,27,28)(H2,22,23,31). The van der Waals surface area contributed by atoms with Crippen LogP contribution < -0.4 is 16.0 Å². The van der Waals surface area contributed by atoms with Crippen molar-refractivity contribution in [3.8, 4) is 0 Å². The number of hydrogen-bond donors (Lipinski definition) is 4. The number of carboxylic acid groups (broad SMARTS) is 1. The lowest BCUT2D eigenvalue weighted by molar-refractivity contribution is 0.0526. The molecule has 0 aliphatic carbocycles. The molecule has 0 aliphatic rings. The minimum Gasteiger partial charge on any atom is -0.478 e. The third-order valence-electron chi connectivity index (χ3n) is 3.94. The van der Waals surface area contributed by atoms with Gasteiger partial charge in [-0.3, -0.25) is 4.79 Å². The SMILES string of the molecule is CCOC(=O)c1cc(NC(=S)Nc2ccc(NC(=O)c3csnn3)cc2)cc(C(=O)O)c1. The highest BCUT2D eigenvalue weighted by molar-refractivity contribution is 7.80. The van der Waals surface area contributed by atoms with Gasteiger partial charge in [-0.15, -0.1) is 5.10 Å². The molecule has 4 N–H and O–H groups in total. The number of carbonyl (C=O) groups excluding carboxylic acids is 2. The summed E-state index contributed by atoms with van der Waals surface area (Å²) in [7, 11) is 0. The van der Waals surface area contributed by atoms with Crippen LogP contribution in [-0.2, 0) is 4.74 Å². The quantitative estimate of drug-likeness (QED) is 0.299. The molecule has 1 heterocycles. The minimum atomic E-state index is -1.19. The molecule has 0 aliphatic heterocycles. The van der Waals surface area contributed by atoms with Crippen molar-refractivity contribution in [1.82, 2.24) is 9.59 Å². The second-order valence-corrected chi connectivity index (χ2v) is 7.24. The van der Waals surface area contributed by atoms with Gasteiger partial charge < -0.3 is 25.8 Å². The maximum Gasteiger partial charge on any atom is 0.338 e. The number of benzene rings is 2. The van der Waals surface area contributed by atoms with Crippen molar-refractivity contribution in [1.29, 1.82) is 0 Å². The Morgan fingerprint density at radius 3 is 2.22 bits per heavy atom. The van der Waals surface area contributed by atoms with Gasteiger partial charge in [0.15, 0.2) is 10.8 Å². The Morgan fingerprint density at radius 1 is 1.00 bits per heavy atom. The number of rotatable bonds is 7. The molecule has 1 amide bonds. The molecule has 1 aromatic heterocycles. The van der Waals surface area contributed by atoms with Gasteiger partial charge in [0.25, 0.3) is 5.91 Å². The highest BCUT2D eigenvalue weighted by atomic mass is 32.1. The van der Waals surface area contributed by atoms with Crippen LogP contribution in [-0.4, -0.2) is 44.3 Å². The maximum absolute atomic E-state index is 12.0. The normalized spacial score (nSPS) is 10.2. The topological polar surface area (TPSA) is 143 Å². The minimum absolute atomic E-state index is 0.0868.